The van der Waals surface area contributed by atoms with E-state index < -0.39 is 21.4 Å². The molecule has 0 saturated carbocycles. The van der Waals surface area contributed by atoms with Gasteiger partial charge in [0.2, 0.25) is 16.0 Å². The Morgan fingerprint density at radius 2 is 2.14 bits per heavy atom. The zero-order valence-electron chi connectivity index (χ0n) is 11.7. The number of hydrogen-bond acceptors (Lipinski definition) is 5. The number of hydrogen-bond donors (Lipinski definition) is 1. The molecule has 0 saturated heterocycles. The van der Waals surface area contributed by atoms with Gasteiger partial charge < -0.3 is 5.73 Å². The van der Waals surface area contributed by atoms with E-state index in [1.165, 1.54) is 13.1 Å². The lowest BCUT2D eigenvalue weighted by Crippen LogP contribution is -2.50. The molecule has 0 radical (unpaired) electrons. The molecule has 2 aliphatic heterocycles. The molecular formula is C13H15FN4O2S. The van der Waals surface area contributed by atoms with Crippen molar-refractivity contribution in [3.63, 3.8) is 0 Å². The second kappa shape index (κ2) is 4.27. The number of guanidine groups is 1. The third-order valence-corrected chi connectivity index (χ3v) is 5.81. The van der Waals surface area contributed by atoms with Crippen LogP contribution in [0.4, 0.5) is 4.39 Å². The van der Waals surface area contributed by atoms with Crippen molar-refractivity contribution in [1.82, 2.24) is 4.31 Å². The number of halogens is 1. The molecule has 3 rings (SSSR count). The Morgan fingerprint density at radius 1 is 1.43 bits per heavy atom. The highest BCUT2D eigenvalue weighted by molar-refractivity contribution is 7.89. The highest BCUT2D eigenvalue weighted by Gasteiger charge is 2.42. The molecule has 0 aromatic heterocycles. The summed E-state index contributed by atoms with van der Waals surface area (Å²) >= 11 is 0. The van der Waals surface area contributed by atoms with Gasteiger partial charge in [0.05, 0.1) is 12.3 Å². The molecule has 0 amide bonds. The second-order valence-electron chi connectivity index (χ2n) is 5.47. The number of nitrogens with two attached hydrogens (primary N) is 1. The van der Waals surface area contributed by atoms with Crippen LogP contribution in [-0.2, 0) is 22.1 Å². The van der Waals surface area contributed by atoms with Crippen molar-refractivity contribution in [3.05, 3.63) is 34.6 Å². The third kappa shape index (κ3) is 2.10. The van der Waals surface area contributed by atoms with E-state index in [2.05, 4.69) is 9.98 Å². The first-order valence-electron chi connectivity index (χ1n) is 6.38. The summed E-state index contributed by atoms with van der Waals surface area (Å²) in [5, 5.41) is 0. The summed E-state index contributed by atoms with van der Waals surface area (Å²) in [5.41, 5.74) is 6.24. The van der Waals surface area contributed by atoms with Crippen LogP contribution in [0.2, 0.25) is 0 Å². The van der Waals surface area contributed by atoms with Gasteiger partial charge in [-0.05, 0) is 24.6 Å². The van der Waals surface area contributed by atoms with Crippen molar-refractivity contribution in [1.29, 1.82) is 0 Å². The van der Waals surface area contributed by atoms with Gasteiger partial charge in [-0.25, -0.2) is 22.1 Å². The van der Waals surface area contributed by atoms with Gasteiger partial charge in [-0.15, -0.1) is 0 Å². The summed E-state index contributed by atoms with van der Waals surface area (Å²) in [6.07, 6.45) is 1.60. The summed E-state index contributed by atoms with van der Waals surface area (Å²) in [7, 11) is -2.28. The molecule has 0 unspecified atom stereocenters. The molecule has 2 N–H and O–H groups in total. The lowest BCUT2D eigenvalue weighted by Gasteiger charge is -2.34. The van der Waals surface area contributed by atoms with Crippen LogP contribution >= 0.6 is 0 Å². The summed E-state index contributed by atoms with van der Waals surface area (Å²) in [6.45, 7) is 2.04. The topological polar surface area (TPSA) is 88.1 Å². The Morgan fingerprint density at radius 3 is 2.81 bits per heavy atom. The predicted molar refractivity (Wildman–Crippen MR) is 78.2 cm³/mol. The largest absolute Gasteiger partial charge is 0.369 e. The van der Waals surface area contributed by atoms with Crippen molar-refractivity contribution in [2.75, 3.05) is 12.8 Å². The van der Waals surface area contributed by atoms with E-state index in [4.69, 9.17) is 5.73 Å². The average molecular weight is 310 g/mol. The lowest BCUT2D eigenvalue weighted by molar-refractivity contribution is 0.457. The van der Waals surface area contributed by atoms with Gasteiger partial charge in [0.1, 0.15) is 11.4 Å². The Labute approximate surface area is 122 Å². The van der Waals surface area contributed by atoms with Crippen molar-refractivity contribution >= 4 is 22.2 Å². The highest BCUT2D eigenvalue weighted by atomic mass is 32.2. The van der Waals surface area contributed by atoms with Crippen molar-refractivity contribution in [3.8, 4) is 0 Å². The van der Waals surface area contributed by atoms with Crippen LogP contribution in [0.25, 0.3) is 0 Å². The van der Waals surface area contributed by atoms with Crippen LogP contribution in [0.3, 0.4) is 0 Å². The van der Waals surface area contributed by atoms with Gasteiger partial charge in [0.15, 0.2) is 0 Å². The number of sulfonamides is 1. The first kappa shape index (κ1) is 14.0. The molecule has 6 nitrogen and oxygen atoms in total. The van der Waals surface area contributed by atoms with Gasteiger partial charge in [-0.1, -0.05) is 0 Å². The van der Waals surface area contributed by atoms with E-state index in [1.807, 2.05) is 0 Å². The Bertz CT molecular complexity index is 788. The first-order valence-corrected chi connectivity index (χ1v) is 7.98. The van der Waals surface area contributed by atoms with Gasteiger partial charge in [-0.2, -0.15) is 0 Å². The minimum atomic E-state index is -3.62. The van der Waals surface area contributed by atoms with Crippen LogP contribution in [0, 0.1) is 5.82 Å². The molecule has 1 atom stereocenters. The fourth-order valence-corrected chi connectivity index (χ4v) is 4.08. The second-order valence-corrected chi connectivity index (χ2v) is 7.47. The van der Waals surface area contributed by atoms with E-state index in [0.29, 0.717) is 12.1 Å². The molecule has 112 valence electrons. The van der Waals surface area contributed by atoms with E-state index in [-0.39, 0.29) is 17.3 Å². The number of aliphatic imine (C=N–C) groups is 2. The quantitative estimate of drug-likeness (QED) is 0.822. The van der Waals surface area contributed by atoms with Crippen molar-refractivity contribution in [2.24, 2.45) is 15.7 Å². The van der Waals surface area contributed by atoms with E-state index in [9.17, 15) is 12.8 Å². The first-order chi connectivity index (χ1) is 9.73. The fraction of sp³-hybridized carbons (Fsp3) is 0.385. The van der Waals surface area contributed by atoms with Crippen LogP contribution in [-0.4, -0.2) is 37.7 Å². The molecule has 0 spiro atoms. The van der Waals surface area contributed by atoms with E-state index >= 15 is 0 Å². The number of rotatable bonds is 1. The summed E-state index contributed by atoms with van der Waals surface area (Å²) in [4.78, 5) is 8.29. The molecule has 2 heterocycles. The maximum absolute atomic E-state index is 14.4. The summed E-state index contributed by atoms with van der Waals surface area (Å²) in [5.74, 6) is -0.964. The molecule has 2 aliphatic rings. The zero-order chi connectivity index (χ0) is 15.4. The monoisotopic (exact) mass is 310 g/mol. The van der Waals surface area contributed by atoms with Crippen LogP contribution in [0.5, 0.6) is 0 Å². The standard InChI is InChI=1S/C13H15FN4O2S/c1-13(7-21(19,20)18(2)12(15)17-13)10-3-8-5-16-6-9(8)4-11(10)14/h3-4,6H,5,7H2,1-2H3,(H2,15,17)/t13-/m0/s1. The SMILES string of the molecule is CN1C(N)=N[C@](C)(c2cc3c(cc2F)C=NC3)CS1(=O)=O. The number of benzene rings is 1. The maximum atomic E-state index is 14.4. The molecule has 0 aliphatic carbocycles. The minimum absolute atomic E-state index is 0.139. The van der Waals surface area contributed by atoms with Gasteiger partial charge in [0.25, 0.3) is 0 Å². The van der Waals surface area contributed by atoms with Crippen LogP contribution < -0.4 is 5.73 Å². The molecule has 0 bridgehead atoms. The lowest BCUT2D eigenvalue weighted by atomic mass is 9.91. The minimum Gasteiger partial charge on any atom is -0.369 e. The van der Waals surface area contributed by atoms with Crippen LogP contribution in [0.1, 0.15) is 23.6 Å². The molecule has 0 fully saturated rings. The molecular weight excluding hydrogens is 295 g/mol. The highest BCUT2D eigenvalue weighted by Crippen LogP contribution is 2.35. The molecule has 8 heteroatoms. The number of nitrogens with zero attached hydrogens (tertiary/aromatic N) is 3. The summed E-state index contributed by atoms with van der Waals surface area (Å²) in [6, 6.07) is 3.00. The zero-order valence-corrected chi connectivity index (χ0v) is 12.5. The Hall–Kier alpha value is -1.96. The van der Waals surface area contributed by atoms with Gasteiger partial charge >= 0.3 is 0 Å². The Kier molecular flexibility index (Phi) is 2.84. The van der Waals surface area contributed by atoms with Crippen LogP contribution in [0.15, 0.2) is 22.1 Å². The Balaban J connectivity index is 2.17. The molecule has 1 aromatic rings. The number of fused-ring (bicyclic) bond motifs is 1. The smallest absolute Gasteiger partial charge is 0.239 e. The van der Waals surface area contributed by atoms with E-state index in [1.54, 1.807) is 19.2 Å². The third-order valence-electron chi connectivity index (χ3n) is 3.87. The predicted octanol–water partition coefficient (Wildman–Crippen LogP) is 0.563. The normalized spacial score (nSPS) is 26.6. The average Bonchev–Trinajstić information content (AvgIpc) is 2.81. The summed E-state index contributed by atoms with van der Waals surface area (Å²) < 4.78 is 39.6. The van der Waals surface area contributed by atoms with Crippen molar-refractivity contribution < 1.29 is 12.8 Å². The van der Waals surface area contributed by atoms with Crippen molar-refractivity contribution in [2.45, 2.75) is 19.0 Å². The fourth-order valence-electron chi connectivity index (χ4n) is 2.63. The van der Waals surface area contributed by atoms with E-state index in [0.717, 1.165) is 9.87 Å². The molecule has 1 aromatic carbocycles. The van der Waals surface area contributed by atoms with Gasteiger partial charge in [0, 0.05) is 24.4 Å². The molecule has 21 heavy (non-hydrogen) atoms. The maximum Gasteiger partial charge on any atom is 0.239 e. The van der Waals surface area contributed by atoms with Gasteiger partial charge in [-0.3, -0.25) is 4.99 Å².